The molecule has 0 rings (SSSR count). The molecule has 12 N–H and O–H groups in total. The molecule has 0 aliphatic heterocycles. The van der Waals surface area contributed by atoms with Crippen LogP contribution in [0, 0.1) is 0 Å². The highest BCUT2D eigenvalue weighted by Gasteiger charge is 2.29. The van der Waals surface area contributed by atoms with E-state index < -0.39 is 36.0 Å². The van der Waals surface area contributed by atoms with Gasteiger partial charge in [-0.1, -0.05) is 6.42 Å². The number of nitrogens with two attached hydrogens (primary N) is 4. The van der Waals surface area contributed by atoms with Crippen molar-refractivity contribution in [2.45, 2.75) is 108 Å². The molecule has 0 aliphatic rings. The van der Waals surface area contributed by atoms with Gasteiger partial charge in [-0.05, 0) is 111 Å². The minimum Gasteiger partial charge on any atom is -0.345 e. The van der Waals surface area contributed by atoms with E-state index in [-0.39, 0.29) is 11.7 Å². The van der Waals surface area contributed by atoms with Crippen LogP contribution < -0.4 is 44.2 Å². The fourth-order valence-corrected chi connectivity index (χ4v) is 4.11. The molecule has 0 aromatic rings. The van der Waals surface area contributed by atoms with Gasteiger partial charge in [-0.2, -0.15) is 0 Å². The van der Waals surface area contributed by atoms with Crippen LogP contribution in [0.25, 0.3) is 0 Å². The zero-order chi connectivity index (χ0) is 28.8. The maximum absolute atomic E-state index is 13.3. The van der Waals surface area contributed by atoms with Crippen LogP contribution in [0.2, 0.25) is 0 Å². The maximum Gasteiger partial charge on any atom is 0.243 e. The summed E-state index contributed by atoms with van der Waals surface area (Å²) in [6.45, 7) is 3.43. The van der Waals surface area contributed by atoms with Crippen molar-refractivity contribution in [3.05, 3.63) is 0 Å². The van der Waals surface area contributed by atoms with E-state index in [4.69, 9.17) is 22.9 Å². The number of hydrogen-bond donors (Lipinski definition) is 8. The molecule has 12 heteroatoms. The third-order valence-corrected chi connectivity index (χ3v) is 6.53. The van der Waals surface area contributed by atoms with E-state index in [9.17, 15) is 19.2 Å². The van der Waals surface area contributed by atoms with E-state index in [0.29, 0.717) is 84.0 Å². The van der Waals surface area contributed by atoms with Gasteiger partial charge in [0.05, 0.1) is 12.1 Å². The third kappa shape index (κ3) is 16.0. The number of carbonyl (C=O) groups is 4. The number of ketones is 1. The van der Waals surface area contributed by atoms with Crippen molar-refractivity contribution in [1.82, 2.24) is 21.3 Å². The molecular formula is C26H54N8O4. The first-order chi connectivity index (χ1) is 18.2. The predicted molar refractivity (Wildman–Crippen MR) is 151 cm³/mol. The maximum atomic E-state index is 13.3. The van der Waals surface area contributed by atoms with Crippen molar-refractivity contribution in [1.29, 1.82) is 0 Å². The van der Waals surface area contributed by atoms with Crippen LogP contribution in [0.3, 0.4) is 0 Å². The second-order valence-corrected chi connectivity index (χ2v) is 9.77. The van der Waals surface area contributed by atoms with E-state index in [0.717, 1.165) is 19.3 Å². The summed E-state index contributed by atoms with van der Waals surface area (Å²) in [5, 5.41) is 11.5. The molecule has 3 amide bonds. The van der Waals surface area contributed by atoms with Gasteiger partial charge in [0.1, 0.15) is 12.1 Å². The summed E-state index contributed by atoms with van der Waals surface area (Å²) >= 11 is 0. The number of hydrogen-bond acceptors (Lipinski definition) is 9. The molecule has 0 heterocycles. The smallest absolute Gasteiger partial charge is 0.243 e. The number of likely N-dealkylation sites (N-methyl/N-ethyl adjacent to an activating group) is 1. The van der Waals surface area contributed by atoms with Crippen LogP contribution in [0.1, 0.15) is 84.0 Å². The summed E-state index contributed by atoms with van der Waals surface area (Å²) in [6.07, 6.45) is 7.54. The van der Waals surface area contributed by atoms with Gasteiger partial charge in [-0.25, -0.2) is 0 Å². The quantitative estimate of drug-likeness (QED) is 0.0709. The lowest BCUT2D eigenvalue weighted by Gasteiger charge is -2.26. The van der Waals surface area contributed by atoms with Crippen molar-refractivity contribution >= 4 is 23.5 Å². The zero-order valence-electron chi connectivity index (χ0n) is 23.6. The lowest BCUT2D eigenvalue weighted by molar-refractivity contribution is -0.134. The second kappa shape index (κ2) is 22.8. The standard InChI is InChI=1S/C26H54N8O4/c1-19(35)20(11-3-7-15-27)32-25(37)22(13-5-9-17-29)34-26(38)23(14-6-10-18-30)33-24(36)21(31-2)12-4-8-16-28/h20-23,31H,3-18,27-30H2,1-2H3,(H,32,37)(H,33,36)(H,34,38). The van der Waals surface area contributed by atoms with E-state index in [2.05, 4.69) is 21.3 Å². The van der Waals surface area contributed by atoms with E-state index >= 15 is 0 Å². The van der Waals surface area contributed by atoms with Crippen LogP contribution in [0.4, 0.5) is 0 Å². The Morgan fingerprint density at radius 2 is 0.789 bits per heavy atom. The largest absolute Gasteiger partial charge is 0.345 e. The molecule has 0 fully saturated rings. The highest BCUT2D eigenvalue weighted by atomic mass is 16.2. The van der Waals surface area contributed by atoms with E-state index in [1.165, 1.54) is 6.92 Å². The monoisotopic (exact) mass is 542 g/mol. The Morgan fingerprint density at radius 3 is 1.11 bits per heavy atom. The first kappa shape index (κ1) is 35.9. The van der Waals surface area contributed by atoms with E-state index in [1.54, 1.807) is 7.05 Å². The van der Waals surface area contributed by atoms with Gasteiger partial charge >= 0.3 is 0 Å². The second-order valence-electron chi connectivity index (χ2n) is 9.77. The summed E-state index contributed by atoms with van der Waals surface area (Å²) in [4.78, 5) is 51.6. The minimum atomic E-state index is -0.857. The van der Waals surface area contributed by atoms with Crippen LogP contribution >= 0.6 is 0 Å². The molecule has 0 aliphatic carbocycles. The van der Waals surface area contributed by atoms with Gasteiger partial charge in [0.2, 0.25) is 17.7 Å². The molecule has 4 unspecified atom stereocenters. The highest BCUT2D eigenvalue weighted by molar-refractivity contribution is 5.94. The molecule has 0 spiro atoms. The number of carbonyl (C=O) groups excluding carboxylic acids is 4. The molecule has 0 aromatic heterocycles. The van der Waals surface area contributed by atoms with Crippen LogP contribution in [0.5, 0.6) is 0 Å². The Morgan fingerprint density at radius 1 is 0.500 bits per heavy atom. The number of amides is 3. The molecule has 0 aromatic carbocycles. The number of Topliss-reactive ketones (excluding diaryl/α,β-unsaturated/α-hetero) is 1. The fourth-order valence-electron chi connectivity index (χ4n) is 4.11. The van der Waals surface area contributed by atoms with Crippen molar-refractivity contribution in [3.8, 4) is 0 Å². The Hall–Kier alpha value is -2.12. The molecule has 4 atom stereocenters. The fraction of sp³-hybridized carbons (Fsp3) is 0.846. The number of rotatable bonds is 24. The predicted octanol–water partition coefficient (Wildman–Crippen LogP) is -0.866. The summed E-state index contributed by atoms with van der Waals surface area (Å²) in [5.74, 6) is -1.30. The molecule has 0 saturated heterocycles. The van der Waals surface area contributed by atoms with Gasteiger partial charge < -0.3 is 44.2 Å². The van der Waals surface area contributed by atoms with E-state index in [1.807, 2.05) is 0 Å². The van der Waals surface area contributed by atoms with Crippen molar-refractivity contribution in [3.63, 3.8) is 0 Å². The average Bonchev–Trinajstić information content (AvgIpc) is 2.89. The Labute approximate surface area is 228 Å². The summed E-state index contributed by atoms with van der Waals surface area (Å²) in [5.41, 5.74) is 22.4. The van der Waals surface area contributed by atoms with Gasteiger partial charge in [0, 0.05) is 0 Å². The van der Waals surface area contributed by atoms with Crippen LogP contribution in [-0.4, -0.2) is 80.9 Å². The van der Waals surface area contributed by atoms with Crippen molar-refractivity contribution < 1.29 is 19.2 Å². The Balaban J connectivity index is 5.53. The Bertz CT molecular complexity index is 680. The van der Waals surface area contributed by atoms with Gasteiger partial charge in [0.25, 0.3) is 0 Å². The molecule has 12 nitrogen and oxygen atoms in total. The molecule has 0 radical (unpaired) electrons. The summed E-state index contributed by atoms with van der Waals surface area (Å²) in [7, 11) is 1.70. The minimum absolute atomic E-state index is 0.151. The van der Waals surface area contributed by atoms with Gasteiger partial charge in [0.15, 0.2) is 5.78 Å². The molecule has 0 bridgehead atoms. The average molecular weight is 543 g/mol. The topological polar surface area (TPSA) is 220 Å². The SMILES string of the molecule is CNC(CCCCN)C(=O)NC(CCCCN)C(=O)NC(CCCCN)C(=O)NC(CCCCN)C(C)=O. The van der Waals surface area contributed by atoms with Gasteiger partial charge in [-0.3, -0.25) is 19.2 Å². The number of nitrogens with one attached hydrogen (secondary N) is 4. The zero-order valence-corrected chi connectivity index (χ0v) is 23.6. The molecule has 222 valence electrons. The van der Waals surface area contributed by atoms with Crippen LogP contribution in [0.15, 0.2) is 0 Å². The molecule has 0 saturated carbocycles. The van der Waals surface area contributed by atoms with Crippen LogP contribution in [-0.2, 0) is 19.2 Å². The first-order valence-corrected chi connectivity index (χ1v) is 14.1. The Kier molecular flexibility index (Phi) is 21.6. The lowest BCUT2D eigenvalue weighted by atomic mass is 10.0. The third-order valence-electron chi connectivity index (χ3n) is 6.53. The normalized spacial score (nSPS) is 14.3. The summed E-state index contributed by atoms with van der Waals surface area (Å²) in [6, 6.07) is -2.78. The molecular weight excluding hydrogens is 488 g/mol. The van der Waals surface area contributed by atoms with Crippen molar-refractivity contribution in [2.24, 2.45) is 22.9 Å². The summed E-state index contributed by atoms with van der Waals surface area (Å²) < 4.78 is 0. The lowest BCUT2D eigenvalue weighted by Crippen LogP contribution is -2.57. The van der Waals surface area contributed by atoms with Crippen molar-refractivity contribution in [2.75, 3.05) is 33.2 Å². The molecule has 38 heavy (non-hydrogen) atoms. The first-order valence-electron chi connectivity index (χ1n) is 14.1. The number of unbranched alkanes of at least 4 members (excludes halogenated alkanes) is 4. The highest BCUT2D eigenvalue weighted by Crippen LogP contribution is 2.09. The van der Waals surface area contributed by atoms with Gasteiger partial charge in [-0.15, -0.1) is 0 Å².